The van der Waals surface area contributed by atoms with E-state index in [1.807, 2.05) is 18.2 Å². The zero-order chi connectivity index (χ0) is 13.9. The number of nitrogens with two attached hydrogens (primary N) is 1. The third kappa shape index (κ3) is 2.19. The van der Waals surface area contributed by atoms with Gasteiger partial charge in [-0.05, 0) is 12.5 Å². The van der Waals surface area contributed by atoms with Crippen molar-refractivity contribution in [3.63, 3.8) is 0 Å². The fraction of sp³-hybridized carbons (Fsp3) is 0.400. The molecule has 3 N–H and O–H groups in total. The number of pyridine rings is 1. The van der Waals surface area contributed by atoms with Gasteiger partial charge in [0.2, 0.25) is 0 Å². The van der Waals surface area contributed by atoms with Crippen molar-refractivity contribution in [3.05, 3.63) is 29.5 Å². The molecule has 0 radical (unpaired) electrons. The van der Waals surface area contributed by atoms with Crippen molar-refractivity contribution in [3.8, 4) is 5.75 Å². The van der Waals surface area contributed by atoms with Gasteiger partial charge in [0.15, 0.2) is 0 Å². The molecule has 5 heteroatoms. The normalized spacial score (nSPS) is 14.1. The van der Waals surface area contributed by atoms with Crippen molar-refractivity contribution in [2.75, 3.05) is 18.6 Å². The zero-order valence-electron chi connectivity index (χ0n) is 11.6. The molecule has 1 aliphatic rings. The number of hydrazine groups is 1. The summed E-state index contributed by atoms with van der Waals surface area (Å²) in [7, 11) is 0. The van der Waals surface area contributed by atoms with Gasteiger partial charge in [-0.3, -0.25) is 5.84 Å². The van der Waals surface area contributed by atoms with E-state index in [4.69, 9.17) is 20.3 Å². The predicted octanol–water partition coefficient (Wildman–Crippen LogP) is 2.38. The summed E-state index contributed by atoms with van der Waals surface area (Å²) in [4.78, 5) is 4.78. The van der Waals surface area contributed by atoms with E-state index in [1.165, 1.54) is 0 Å². The molecule has 5 nitrogen and oxygen atoms in total. The molecule has 20 heavy (non-hydrogen) atoms. The van der Waals surface area contributed by atoms with Crippen molar-refractivity contribution < 1.29 is 9.47 Å². The van der Waals surface area contributed by atoms with Crippen LogP contribution in [0.2, 0.25) is 0 Å². The van der Waals surface area contributed by atoms with Crippen LogP contribution in [0.5, 0.6) is 5.75 Å². The van der Waals surface area contributed by atoms with Crippen LogP contribution >= 0.6 is 0 Å². The Hall–Kier alpha value is -1.85. The van der Waals surface area contributed by atoms with Crippen LogP contribution in [0.25, 0.3) is 10.9 Å². The highest BCUT2D eigenvalue weighted by Gasteiger charge is 2.19. The number of fused-ring (bicyclic) bond motifs is 2. The molecule has 1 aromatic carbocycles. The monoisotopic (exact) mass is 273 g/mol. The molecule has 1 aromatic heterocycles. The SMILES string of the molecule is CCCOc1cccc2c(NN)c3c(nc12)CCOC3. The zero-order valence-corrected chi connectivity index (χ0v) is 11.6. The highest BCUT2D eigenvalue weighted by molar-refractivity contribution is 5.96. The lowest BCUT2D eigenvalue weighted by Gasteiger charge is -2.21. The maximum Gasteiger partial charge on any atom is 0.145 e. The van der Waals surface area contributed by atoms with Crippen LogP contribution in [-0.2, 0) is 17.8 Å². The van der Waals surface area contributed by atoms with Crippen LogP contribution in [0.1, 0.15) is 24.6 Å². The van der Waals surface area contributed by atoms with Gasteiger partial charge in [-0.15, -0.1) is 0 Å². The largest absolute Gasteiger partial charge is 0.491 e. The number of nitrogen functional groups attached to an aromatic ring is 1. The quantitative estimate of drug-likeness (QED) is 0.661. The average Bonchev–Trinajstić information content (AvgIpc) is 2.50. The molecule has 3 rings (SSSR count). The minimum Gasteiger partial charge on any atom is -0.491 e. The molecule has 2 heterocycles. The molecule has 0 amide bonds. The molecular weight excluding hydrogens is 254 g/mol. The van der Waals surface area contributed by atoms with Gasteiger partial charge in [-0.25, -0.2) is 4.98 Å². The van der Waals surface area contributed by atoms with Crippen molar-refractivity contribution in [2.45, 2.75) is 26.4 Å². The van der Waals surface area contributed by atoms with Crippen LogP contribution in [0.3, 0.4) is 0 Å². The molecular formula is C15H19N3O2. The summed E-state index contributed by atoms with van der Waals surface area (Å²) in [5.41, 5.74) is 6.67. The summed E-state index contributed by atoms with van der Waals surface area (Å²) in [5.74, 6) is 6.53. The number of rotatable bonds is 4. The molecule has 0 atom stereocenters. The van der Waals surface area contributed by atoms with E-state index in [1.54, 1.807) is 0 Å². The Kier molecular flexibility index (Phi) is 3.71. The van der Waals surface area contributed by atoms with E-state index in [9.17, 15) is 0 Å². The molecule has 0 saturated heterocycles. The molecule has 2 aromatic rings. The number of ether oxygens (including phenoxy) is 2. The van der Waals surface area contributed by atoms with E-state index in [0.29, 0.717) is 19.8 Å². The highest BCUT2D eigenvalue weighted by Crippen LogP contribution is 2.34. The lowest BCUT2D eigenvalue weighted by Crippen LogP contribution is -2.18. The average molecular weight is 273 g/mol. The van der Waals surface area contributed by atoms with Crippen LogP contribution < -0.4 is 16.0 Å². The molecule has 1 aliphatic heterocycles. The van der Waals surface area contributed by atoms with E-state index in [0.717, 1.165) is 46.4 Å². The summed E-state index contributed by atoms with van der Waals surface area (Å²) < 4.78 is 11.3. The second-order valence-corrected chi connectivity index (χ2v) is 4.86. The number of anilines is 1. The van der Waals surface area contributed by atoms with Gasteiger partial charge >= 0.3 is 0 Å². The van der Waals surface area contributed by atoms with Gasteiger partial charge < -0.3 is 14.9 Å². The van der Waals surface area contributed by atoms with Gasteiger partial charge in [0.25, 0.3) is 0 Å². The molecule has 0 unspecified atom stereocenters. The summed E-state index contributed by atoms with van der Waals surface area (Å²) in [5, 5.41) is 0.977. The maximum absolute atomic E-state index is 5.80. The lowest BCUT2D eigenvalue weighted by molar-refractivity contribution is 0.110. The van der Waals surface area contributed by atoms with Gasteiger partial charge in [-0.2, -0.15) is 0 Å². The first-order valence-electron chi connectivity index (χ1n) is 6.96. The van der Waals surface area contributed by atoms with Gasteiger partial charge in [0.1, 0.15) is 11.3 Å². The van der Waals surface area contributed by atoms with Gasteiger partial charge in [-0.1, -0.05) is 19.1 Å². The standard InChI is InChI=1S/C15H19N3O2/c1-2-7-20-13-5-3-4-10-14(18-16)11-9-19-8-6-12(11)17-15(10)13/h3-5H,2,6-9,16H2,1H3,(H,17,18). The number of aromatic nitrogens is 1. The number of nitrogens with zero attached hydrogens (tertiary/aromatic N) is 1. The Balaban J connectivity index is 2.20. The summed E-state index contributed by atoms with van der Waals surface area (Å²) in [6.45, 7) is 4.03. The Bertz CT molecular complexity index is 628. The van der Waals surface area contributed by atoms with E-state index >= 15 is 0 Å². The van der Waals surface area contributed by atoms with Gasteiger partial charge in [0.05, 0.1) is 31.2 Å². The molecule has 0 aliphatic carbocycles. The third-order valence-corrected chi connectivity index (χ3v) is 3.50. The Labute approximate surface area is 118 Å². The summed E-state index contributed by atoms with van der Waals surface area (Å²) in [6.07, 6.45) is 1.78. The molecule has 0 fully saturated rings. The minimum atomic E-state index is 0.553. The van der Waals surface area contributed by atoms with Crippen molar-refractivity contribution in [2.24, 2.45) is 5.84 Å². The van der Waals surface area contributed by atoms with E-state index in [-0.39, 0.29) is 0 Å². The fourth-order valence-electron chi connectivity index (χ4n) is 2.55. The van der Waals surface area contributed by atoms with Crippen LogP contribution in [0.4, 0.5) is 5.69 Å². The topological polar surface area (TPSA) is 69.4 Å². The van der Waals surface area contributed by atoms with Crippen LogP contribution in [0, 0.1) is 0 Å². The van der Waals surface area contributed by atoms with Crippen LogP contribution in [-0.4, -0.2) is 18.2 Å². The highest BCUT2D eigenvalue weighted by atomic mass is 16.5. The second kappa shape index (κ2) is 5.64. The van der Waals surface area contributed by atoms with Crippen molar-refractivity contribution in [1.29, 1.82) is 0 Å². The van der Waals surface area contributed by atoms with Crippen molar-refractivity contribution in [1.82, 2.24) is 4.98 Å². The first kappa shape index (κ1) is 13.1. The summed E-state index contributed by atoms with van der Waals surface area (Å²) in [6, 6.07) is 5.92. The van der Waals surface area contributed by atoms with Crippen molar-refractivity contribution >= 4 is 16.6 Å². The van der Waals surface area contributed by atoms with Gasteiger partial charge in [0, 0.05) is 17.4 Å². The molecule has 0 bridgehead atoms. The third-order valence-electron chi connectivity index (χ3n) is 3.50. The second-order valence-electron chi connectivity index (χ2n) is 4.86. The fourth-order valence-corrected chi connectivity index (χ4v) is 2.55. The molecule has 106 valence electrons. The number of para-hydroxylation sites is 1. The Morgan fingerprint density at radius 3 is 3.15 bits per heavy atom. The van der Waals surface area contributed by atoms with Crippen LogP contribution in [0.15, 0.2) is 18.2 Å². The molecule has 0 saturated carbocycles. The lowest BCUT2D eigenvalue weighted by atomic mass is 10.0. The smallest absolute Gasteiger partial charge is 0.145 e. The first-order valence-corrected chi connectivity index (χ1v) is 6.96. The predicted molar refractivity (Wildman–Crippen MR) is 78.7 cm³/mol. The Morgan fingerprint density at radius 1 is 1.45 bits per heavy atom. The molecule has 0 spiro atoms. The number of nitrogens with one attached hydrogen (secondary N) is 1. The number of hydrogen-bond donors (Lipinski definition) is 2. The first-order chi connectivity index (χ1) is 9.85. The number of benzene rings is 1. The van der Waals surface area contributed by atoms with E-state index < -0.39 is 0 Å². The minimum absolute atomic E-state index is 0.553. The Morgan fingerprint density at radius 2 is 2.35 bits per heavy atom. The van der Waals surface area contributed by atoms with E-state index in [2.05, 4.69) is 12.3 Å². The summed E-state index contributed by atoms with van der Waals surface area (Å²) >= 11 is 0. The number of hydrogen-bond acceptors (Lipinski definition) is 5. The maximum atomic E-state index is 5.80.